The minimum Gasteiger partial charge on any atom is -0.399 e. The van der Waals surface area contributed by atoms with Crippen molar-refractivity contribution in [3.8, 4) is 0 Å². The van der Waals surface area contributed by atoms with E-state index in [9.17, 15) is 0 Å². The Morgan fingerprint density at radius 3 is 2.73 bits per heavy atom. The van der Waals surface area contributed by atoms with Crippen LogP contribution in [0.5, 0.6) is 0 Å². The quantitative estimate of drug-likeness (QED) is 0.519. The molecular weight excluding hydrogens is 142 g/mol. The van der Waals surface area contributed by atoms with Crippen LogP contribution in [0.1, 0.15) is 19.3 Å². The summed E-state index contributed by atoms with van der Waals surface area (Å²) in [7, 11) is 1.55. The van der Waals surface area contributed by atoms with Gasteiger partial charge in [-0.1, -0.05) is 5.16 Å². The molecule has 1 aliphatic carbocycles. The summed E-state index contributed by atoms with van der Waals surface area (Å²) >= 11 is 0. The van der Waals surface area contributed by atoms with Crippen LogP contribution in [0.15, 0.2) is 5.16 Å². The van der Waals surface area contributed by atoms with Gasteiger partial charge in [-0.2, -0.15) is 0 Å². The van der Waals surface area contributed by atoms with Crippen molar-refractivity contribution in [1.82, 2.24) is 0 Å². The van der Waals surface area contributed by atoms with Crippen molar-refractivity contribution in [1.29, 1.82) is 0 Å². The molecule has 1 aliphatic rings. The number of rotatable bonds is 1. The van der Waals surface area contributed by atoms with Crippen LogP contribution in [0.4, 0.5) is 0 Å². The Morgan fingerprint density at radius 1 is 1.45 bits per heavy atom. The van der Waals surface area contributed by atoms with E-state index in [4.69, 9.17) is 11.5 Å². The van der Waals surface area contributed by atoms with E-state index in [0.717, 1.165) is 25.0 Å². The van der Waals surface area contributed by atoms with E-state index < -0.39 is 0 Å². The third-order valence-corrected chi connectivity index (χ3v) is 2.01. The molecule has 0 aromatic carbocycles. The predicted octanol–water partition coefficient (Wildman–Crippen LogP) is -0.173. The molecule has 1 fully saturated rings. The second kappa shape index (κ2) is 3.69. The van der Waals surface area contributed by atoms with Crippen LogP contribution >= 0.6 is 0 Å². The molecule has 0 spiro atoms. The number of oxime groups is 1. The van der Waals surface area contributed by atoms with Crippen LogP contribution < -0.4 is 11.5 Å². The van der Waals surface area contributed by atoms with Gasteiger partial charge in [0.05, 0.1) is 5.71 Å². The molecule has 64 valence electrons. The van der Waals surface area contributed by atoms with Crippen molar-refractivity contribution in [3.63, 3.8) is 0 Å². The lowest BCUT2D eigenvalue weighted by Crippen LogP contribution is -2.46. The fourth-order valence-electron chi connectivity index (χ4n) is 1.28. The molecule has 0 amide bonds. The van der Waals surface area contributed by atoms with Gasteiger partial charge in [-0.15, -0.1) is 0 Å². The standard InChI is InChI=1S/C7H15N3O/c1-11-10-5-2-3-6(8)7(9)4-5/h6-7H,2-4,8-9H2,1H3/b10-5+. The highest BCUT2D eigenvalue weighted by Gasteiger charge is 2.22. The highest BCUT2D eigenvalue weighted by Crippen LogP contribution is 2.13. The Kier molecular flexibility index (Phi) is 2.84. The summed E-state index contributed by atoms with van der Waals surface area (Å²) in [6, 6.07) is 0.184. The SMILES string of the molecule is CO/N=C1\CCC(N)C(N)C1. The van der Waals surface area contributed by atoms with Gasteiger partial charge in [0.15, 0.2) is 0 Å². The van der Waals surface area contributed by atoms with Crippen LogP contribution in [-0.2, 0) is 4.84 Å². The summed E-state index contributed by atoms with van der Waals surface area (Å²) in [6.07, 6.45) is 2.61. The first-order valence-electron chi connectivity index (χ1n) is 3.84. The summed E-state index contributed by atoms with van der Waals surface area (Å²) in [5.41, 5.74) is 12.5. The van der Waals surface area contributed by atoms with Gasteiger partial charge in [-0.3, -0.25) is 0 Å². The van der Waals surface area contributed by atoms with Crippen molar-refractivity contribution in [2.24, 2.45) is 16.6 Å². The van der Waals surface area contributed by atoms with Gasteiger partial charge in [0.2, 0.25) is 0 Å². The zero-order chi connectivity index (χ0) is 8.27. The zero-order valence-corrected chi connectivity index (χ0v) is 6.79. The van der Waals surface area contributed by atoms with Gasteiger partial charge in [-0.05, 0) is 12.8 Å². The third-order valence-electron chi connectivity index (χ3n) is 2.01. The zero-order valence-electron chi connectivity index (χ0n) is 6.79. The van der Waals surface area contributed by atoms with E-state index in [-0.39, 0.29) is 12.1 Å². The van der Waals surface area contributed by atoms with Crippen LogP contribution in [0.2, 0.25) is 0 Å². The molecule has 4 nitrogen and oxygen atoms in total. The van der Waals surface area contributed by atoms with E-state index in [1.807, 2.05) is 0 Å². The van der Waals surface area contributed by atoms with E-state index >= 15 is 0 Å². The second-order valence-electron chi connectivity index (χ2n) is 2.91. The first-order chi connectivity index (χ1) is 5.24. The average Bonchev–Trinajstić information content (AvgIpc) is 1.98. The Morgan fingerprint density at radius 2 is 2.18 bits per heavy atom. The smallest absolute Gasteiger partial charge is 0.106 e. The Labute approximate surface area is 66.6 Å². The molecule has 2 atom stereocenters. The number of nitrogens with two attached hydrogens (primary N) is 2. The first-order valence-corrected chi connectivity index (χ1v) is 3.84. The molecule has 0 aliphatic heterocycles. The van der Waals surface area contributed by atoms with Crippen molar-refractivity contribution in [3.05, 3.63) is 0 Å². The van der Waals surface area contributed by atoms with E-state index in [2.05, 4.69) is 9.99 Å². The normalized spacial score (nSPS) is 35.7. The van der Waals surface area contributed by atoms with Crippen molar-refractivity contribution in [2.45, 2.75) is 31.3 Å². The first kappa shape index (κ1) is 8.49. The lowest BCUT2D eigenvalue weighted by atomic mass is 9.90. The number of nitrogens with zero attached hydrogens (tertiary/aromatic N) is 1. The molecule has 0 aromatic rings. The lowest BCUT2D eigenvalue weighted by Gasteiger charge is -2.25. The molecule has 0 saturated heterocycles. The number of hydrogen-bond acceptors (Lipinski definition) is 4. The van der Waals surface area contributed by atoms with Crippen molar-refractivity contribution in [2.75, 3.05) is 7.11 Å². The minimum atomic E-state index is 0.0534. The van der Waals surface area contributed by atoms with E-state index in [1.54, 1.807) is 7.11 Å². The molecule has 0 aromatic heterocycles. The minimum absolute atomic E-state index is 0.0534. The molecule has 0 bridgehead atoms. The van der Waals surface area contributed by atoms with E-state index in [1.165, 1.54) is 0 Å². The van der Waals surface area contributed by atoms with Gasteiger partial charge in [0.25, 0.3) is 0 Å². The fraction of sp³-hybridized carbons (Fsp3) is 0.857. The Bertz CT molecular complexity index is 158. The third kappa shape index (κ3) is 2.17. The second-order valence-corrected chi connectivity index (χ2v) is 2.91. The van der Waals surface area contributed by atoms with Crippen LogP contribution in [0.3, 0.4) is 0 Å². The van der Waals surface area contributed by atoms with Gasteiger partial charge in [-0.25, -0.2) is 0 Å². The molecule has 0 radical (unpaired) electrons. The molecule has 0 heterocycles. The maximum Gasteiger partial charge on any atom is 0.106 e. The van der Waals surface area contributed by atoms with Gasteiger partial charge in [0, 0.05) is 18.5 Å². The van der Waals surface area contributed by atoms with Gasteiger partial charge >= 0.3 is 0 Å². The van der Waals surface area contributed by atoms with Crippen molar-refractivity contribution >= 4 is 5.71 Å². The highest BCUT2D eigenvalue weighted by molar-refractivity contribution is 5.85. The Balaban J connectivity index is 2.46. The van der Waals surface area contributed by atoms with Gasteiger partial charge in [0.1, 0.15) is 7.11 Å². The fourth-order valence-corrected chi connectivity index (χ4v) is 1.28. The molecule has 1 rings (SSSR count). The van der Waals surface area contributed by atoms with Crippen LogP contribution in [0.25, 0.3) is 0 Å². The summed E-state index contributed by atoms with van der Waals surface area (Å²) in [4.78, 5) is 4.66. The highest BCUT2D eigenvalue weighted by atomic mass is 16.6. The summed E-state index contributed by atoms with van der Waals surface area (Å²) in [6.45, 7) is 0. The average molecular weight is 157 g/mol. The molecular formula is C7H15N3O. The topological polar surface area (TPSA) is 73.6 Å². The summed E-state index contributed by atoms with van der Waals surface area (Å²) in [5.74, 6) is 0. The van der Waals surface area contributed by atoms with Gasteiger partial charge < -0.3 is 16.3 Å². The maximum absolute atomic E-state index is 5.74. The number of hydrogen-bond donors (Lipinski definition) is 2. The summed E-state index contributed by atoms with van der Waals surface area (Å²) < 4.78 is 0. The molecule has 4 heteroatoms. The molecule has 2 unspecified atom stereocenters. The molecule has 4 N–H and O–H groups in total. The predicted molar refractivity (Wildman–Crippen MR) is 44.2 cm³/mol. The van der Waals surface area contributed by atoms with Crippen molar-refractivity contribution < 1.29 is 4.84 Å². The lowest BCUT2D eigenvalue weighted by molar-refractivity contribution is 0.210. The molecule has 1 saturated carbocycles. The van der Waals surface area contributed by atoms with Crippen LogP contribution in [-0.4, -0.2) is 24.9 Å². The van der Waals surface area contributed by atoms with Crippen LogP contribution in [0, 0.1) is 0 Å². The summed E-state index contributed by atoms with van der Waals surface area (Å²) in [5, 5.41) is 3.85. The van der Waals surface area contributed by atoms with E-state index in [0.29, 0.717) is 0 Å². The maximum atomic E-state index is 5.74. The molecule has 11 heavy (non-hydrogen) atoms. The Hall–Kier alpha value is -0.610. The monoisotopic (exact) mass is 157 g/mol. The largest absolute Gasteiger partial charge is 0.399 e.